The van der Waals surface area contributed by atoms with Crippen molar-refractivity contribution in [1.82, 2.24) is 0 Å². The van der Waals surface area contributed by atoms with E-state index in [1.807, 2.05) is 77.1 Å². The zero-order valence-electron chi connectivity index (χ0n) is 24.7. The molecule has 0 heterocycles. The van der Waals surface area contributed by atoms with Crippen LogP contribution < -0.4 is 9.47 Å². The molecule has 3 rings (SSSR count). The maximum atomic E-state index is 11.4. The number of esters is 2. The lowest BCUT2D eigenvalue weighted by Crippen LogP contribution is -2.15. The van der Waals surface area contributed by atoms with Crippen molar-refractivity contribution in [2.45, 2.75) is 63.2 Å². The lowest BCUT2D eigenvalue weighted by atomic mass is 10.1. The minimum Gasteiger partial charge on any atom is -0.482 e. The molecule has 0 bridgehead atoms. The van der Waals surface area contributed by atoms with Crippen LogP contribution >= 0.6 is 24.4 Å². The molecule has 0 N–H and O–H groups in total. The third-order valence-electron chi connectivity index (χ3n) is 5.82. The van der Waals surface area contributed by atoms with Gasteiger partial charge < -0.3 is 18.9 Å². The topological polar surface area (TPSA) is 88.1 Å². The first-order valence-electron chi connectivity index (χ1n) is 13.2. The SMILES string of the molecule is CCOC(=O)COc1cc(C)c(S)cc1C.CCOC(=O)COc1cc(C)c(Sc2ccc(C=O)cc2C)cc1C. The first-order chi connectivity index (χ1) is 19.5. The van der Waals surface area contributed by atoms with E-state index in [0.29, 0.717) is 30.3 Å². The van der Waals surface area contributed by atoms with E-state index in [2.05, 4.69) is 12.6 Å². The van der Waals surface area contributed by atoms with Crippen LogP contribution in [0.25, 0.3) is 0 Å². The predicted octanol–water partition coefficient (Wildman–Crippen LogP) is 7.05. The zero-order chi connectivity index (χ0) is 30.5. The van der Waals surface area contributed by atoms with Crippen molar-refractivity contribution in [3.8, 4) is 11.5 Å². The van der Waals surface area contributed by atoms with E-state index >= 15 is 0 Å². The van der Waals surface area contributed by atoms with Crippen molar-refractivity contribution >= 4 is 42.6 Å². The summed E-state index contributed by atoms with van der Waals surface area (Å²) < 4.78 is 20.6. The van der Waals surface area contributed by atoms with Gasteiger partial charge >= 0.3 is 11.9 Å². The van der Waals surface area contributed by atoms with Crippen LogP contribution in [0.3, 0.4) is 0 Å². The van der Waals surface area contributed by atoms with Crippen LogP contribution in [0, 0.1) is 34.6 Å². The van der Waals surface area contributed by atoms with Crippen molar-refractivity contribution in [2.75, 3.05) is 26.4 Å². The number of hydrogen-bond donors (Lipinski definition) is 1. The first-order valence-corrected chi connectivity index (χ1v) is 14.5. The molecule has 41 heavy (non-hydrogen) atoms. The fourth-order valence-corrected chi connectivity index (χ4v) is 4.92. The third-order valence-corrected chi connectivity index (χ3v) is 7.64. The van der Waals surface area contributed by atoms with E-state index in [1.54, 1.807) is 25.6 Å². The molecule has 0 aliphatic rings. The van der Waals surface area contributed by atoms with Crippen LogP contribution in [0.2, 0.25) is 0 Å². The van der Waals surface area contributed by atoms with Gasteiger partial charge in [-0.1, -0.05) is 17.8 Å². The number of thiol groups is 1. The Kier molecular flexibility index (Phi) is 13.8. The Bertz CT molecular complexity index is 1370. The molecule has 3 aromatic carbocycles. The maximum Gasteiger partial charge on any atom is 0.344 e. The Hall–Kier alpha value is -3.43. The summed E-state index contributed by atoms with van der Waals surface area (Å²) in [6, 6.07) is 13.4. The van der Waals surface area contributed by atoms with E-state index in [9.17, 15) is 14.4 Å². The van der Waals surface area contributed by atoms with Crippen LogP contribution in [0.15, 0.2) is 57.2 Å². The predicted molar refractivity (Wildman–Crippen MR) is 164 cm³/mol. The zero-order valence-corrected chi connectivity index (χ0v) is 26.4. The summed E-state index contributed by atoms with van der Waals surface area (Å²) in [5.74, 6) is 0.657. The summed E-state index contributed by atoms with van der Waals surface area (Å²) in [4.78, 5) is 36.5. The Morgan fingerprint density at radius 3 is 1.73 bits per heavy atom. The second-order valence-corrected chi connectivity index (χ2v) is 10.8. The van der Waals surface area contributed by atoms with Gasteiger partial charge in [-0.25, -0.2) is 9.59 Å². The summed E-state index contributed by atoms with van der Waals surface area (Å²) in [6.45, 7) is 13.9. The number of hydrogen-bond acceptors (Lipinski definition) is 9. The first kappa shape index (κ1) is 33.8. The molecule has 0 spiro atoms. The number of carbonyl (C=O) groups excluding carboxylic acids is 3. The molecule has 7 nitrogen and oxygen atoms in total. The molecule has 0 unspecified atom stereocenters. The lowest BCUT2D eigenvalue weighted by Gasteiger charge is -2.14. The molecule has 0 atom stereocenters. The number of benzene rings is 3. The van der Waals surface area contributed by atoms with Crippen molar-refractivity contribution in [3.05, 3.63) is 75.8 Å². The molecule has 9 heteroatoms. The molecule has 220 valence electrons. The average molecular weight is 599 g/mol. The number of aldehydes is 1. The molecule has 0 saturated heterocycles. The van der Waals surface area contributed by atoms with Gasteiger partial charge in [0.25, 0.3) is 0 Å². The number of aryl methyl sites for hydroxylation is 5. The van der Waals surface area contributed by atoms with Gasteiger partial charge in [0.05, 0.1) is 13.2 Å². The van der Waals surface area contributed by atoms with Crippen molar-refractivity contribution in [1.29, 1.82) is 0 Å². The van der Waals surface area contributed by atoms with Crippen LogP contribution in [-0.2, 0) is 19.1 Å². The standard InChI is InChI=1S/C20H22O4S.C12H16O3S/c1-5-23-20(22)12-24-17-9-15(4)19(10-13(17)2)25-18-7-6-16(11-21)8-14(18)3;1-4-14-12(13)7-15-10-5-9(3)11(16)6-8(10)2/h6-11H,5,12H2,1-4H3;5-6,16H,4,7H2,1-3H3. The summed E-state index contributed by atoms with van der Waals surface area (Å²) in [7, 11) is 0. The highest BCUT2D eigenvalue weighted by atomic mass is 32.2. The molecule has 0 amide bonds. The minimum absolute atomic E-state index is 0.0555. The lowest BCUT2D eigenvalue weighted by molar-refractivity contribution is -0.146. The molecule has 3 aromatic rings. The second kappa shape index (κ2) is 16.7. The maximum absolute atomic E-state index is 11.4. The third kappa shape index (κ3) is 10.8. The van der Waals surface area contributed by atoms with Crippen LogP contribution in [0.5, 0.6) is 11.5 Å². The molecule has 0 aliphatic carbocycles. The monoisotopic (exact) mass is 598 g/mol. The largest absolute Gasteiger partial charge is 0.482 e. The molecular weight excluding hydrogens is 560 g/mol. The van der Waals surface area contributed by atoms with E-state index in [0.717, 1.165) is 48.8 Å². The number of ether oxygens (including phenoxy) is 4. The Morgan fingerprint density at radius 1 is 0.707 bits per heavy atom. The Balaban J connectivity index is 0.000000317. The van der Waals surface area contributed by atoms with Gasteiger partial charge in [0.2, 0.25) is 0 Å². The van der Waals surface area contributed by atoms with E-state index in [4.69, 9.17) is 18.9 Å². The highest BCUT2D eigenvalue weighted by molar-refractivity contribution is 7.99. The summed E-state index contributed by atoms with van der Waals surface area (Å²) in [5.41, 5.74) is 5.74. The van der Waals surface area contributed by atoms with Gasteiger partial charge in [0, 0.05) is 20.2 Å². The van der Waals surface area contributed by atoms with Crippen molar-refractivity contribution < 1.29 is 33.3 Å². The summed E-state index contributed by atoms with van der Waals surface area (Å²) in [6.07, 6.45) is 0.854. The molecule has 0 saturated carbocycles. The molecule has 0 aliphatic heterocycles. The number of carbonyl (C=O) groups is 3. The highest BCUT2D eigenvalue weighted by Gasteiger charge is 2.11. The van der Waals surface area contributed by atoms with Crippen LogP contribution in [0.1, 0.15) is 52.0 Å². The Morgan fingerprint density at radius 2 is 1.22 bits per heavy atom. The molecule has 0 aromatic heterocycles. The Labute approximate surface area is 252 Å². The molecule has 0 radical (unpaired) electrons. The van der Waals surface area contributed by atoms with E-state index < -0.39 is 0 Å². The van der Waals surface area contributed by atoms with Crippen molar-refractivity contribution in [3.63, 3.8) is 0 Å². The number of rotatable bonds is 11. The van der Waals surface area contributed by atoms with Crippen molar-refractivity contribution in [2.24, 2.45) is 0 Å². The normalized spacial score (nSPS) is 10.2. The smallest absolute Gasteiger partial charge is 0.344 e. The van der Waals surface area contributed by atoms with Gasteiger partial charge in [-0.3, -0.25) is 4.79 Å². The fourth-order valence-electron chi connectivity index (χ4n) is 3.62. The molecular formula is C32H38O7S2. The van der Waals surface area contributed by atoms with Crippen LogP contribution in [-0.4, -0.2) is 44.7 Å². The van der Waals surface area contributed by atoms with Gasteiger partial charge in [0.1, 0.15) is 17.8 Å². The van der Waals surface area contributed by atoms with Gasteiger partial charge in [-0.2, -0.15) is 0 Å². The second-order valence-electron chi connectivity index (χ2n) is 9.22. The quantitative estimate of drug-likeness (QED) is 0.143. The van der Waals surface area contributed by atoms with Gasteiger partial charge in [-0.15, -0.1) is 12.6 Å². The average Bonchev–Trinajstić information content (AvgIpc) is 2.92. The van der Waals surface area contributed by atoms with Crippen LogP contribution in [0.4, 0.5) is 0 Å². The fraction of sp³-hybridized carbons (Fsp3) is 0.344. The summed E-state index contributed by atoms with van der Waals surface area (Å²) in [5, 5.41) is 0. The van der Waals surface area contributed by atoms with Gasteiger partial charge in [0.15, 0.2) is 13.2 Å². The summed E-state index contributed by atoms with van der Waals surface area (Å²) >= 11 is 5.96. The van der Waals surface area contributed by atoms with Gasteiger partial charge in [-0.05, 0) is 113 Å². The van der Waals surface area contributed by atoms with E-state index in [1.165, 1.54) is 0 Å². The highest BCUT2D eigenvalue weighted by Crippen LogP contribution is 2.36. The molecule has 0 fully saturated rings. The minimum atomic E-state index is -0.371. The van der Waals surface area contributed by atoms with E-state index in [-0.39, 0.29) is 25.2 Å².